The Bertz CT molecular complexity index is 200. The van der Waals surface area contributed by atoms with Gasteiger partial charge in [0.25, 0.3) is 0 Å². The van der Waals surface area contributed by atoms with Gasteiger partial charge < -0.3 is 10.5 Å². The SMILES string of the molecule is C[C@@H]1CN(CC2CCC(N)C2)C[C@H](C)O1. The van der Waals surface area contributed by atoms with Crippen LogP contribution in [0.3, 0.4) is 0 Å². The summed E-state index contributed by atoms with van der Waals surface area (Å²) in [5.74, 6) is 0.831. The molecular formula is C12H24N2O. The minimum absolute atomic E-state index is 0.392. The van der Waals surface area contributed by atoms with Crippen LogP contribution in [0.5, 0.6) is 0 Å². The molecule has 2 rings (SSSR count). The summed E-state index contributed by atoms with van der Waals surface area (Å²) in [5.41, 5.74) is 5.94. The monoisotopic (exact) mass is 212 g/mol. The molecule has 0 aromatic carbocycles. The molecule has 0 aromatic heterocycles. The van der Waals surface area contributed by atoms with Crippen LogP contribution in [0.1, 0.15) is 33.1 Å². The van der Waals surface area contributed by atoms with Crippen LogP contribution in [0.4, 0.5) is 0 Å². The molecule has 2 unspecified atom stereocenters. The maximum Gasteiger partial charge on any atom is 0.0678 e. The molecule has 1 aliphatic heterocycles. The Morgan fingerprint density at radius 1 is 1.20 bits per heavy atom. The lowest BCUT2D eigenvalue weighted by atomic mass is 10.1. The topological polar surface area (TPSA) is 38.5 Å². The molecule has 2 fully saturated rings. The summed E-state index contributed by atoms with van der Waals surface area (Å²) < 4.78 is 5.74. The Labute approximate surface area is 93.0 Å². The Morgan fingerprint density at radius 2 is 1.87 bits per heavy atom. The fourth-order valence-electron chi connectivity index (χ4n) is 3.08. The van der Waals surface area contributed by atoms with E-state index in [1.54, 1.807) is 0 Å². The van der Waals surface area contributed by atoms with Gasteiger partial charge in [-0.2, -0.15) is 0 Å². The van der Waals surface area contributed by atoms with Crippen LogP contribution in [0.25, 0.3) is 0 Å². The number of rotatable bonds is 2. The molecule has 1 heterocycles. The zero-order valence-electron chi connectivity index (χ0n) is 9.98. The van der Waals surface area contributed by atoms with E-state index < -0.39 is 0 Å². The second-order valence-electron chi connectivity index (χ2n) is 5.42. The van der Waals surface area contributed by atoms with Gasteiger partial charge in [-0.05, 0) is 39.0 Å². The molecule has 1 saturated heterocycles. The van der Waals surface area contributed by atoms with E-state index in [1.807, 2.05) is 0 Å². The van der Waals surface area contributed by atoms with Gasteiger partial charge in [0.15, 0.2) is 0 Å². The van der Waals surface area contributed by atoms with Crippen molar-refractivity contribution in [3.63, 3.8) is 0 Å². The van der Waals surface area contributed by atoms with E-state index in [0.717, 1.165) is 19.0 Å². The Hall–Kier alpha value is -0.120. The molecule has 0 radical (unpaired) electrons. The number of morpholine rings is 1. The molecule has 88 valence electrons. The van der Waals surface area contributed by atoms with E-state index >= 15 is 0 Å². The van der Waals surface area contributed by atoms with Gasteiger partial charge in [-0.15, -0.1) is 0 Å². The Morgan fingerprint density at radius 3 is 2.40 bits per heavy atom. The number of hydrogen-bond donors (Lipinski definition) is 1. The zero-order valence-corrected chi connectivity index (χ0v) is 9.98. The van der Waals surface area contributed by atoms with Gasteiger partial charge in [0, 0.05) is 25.7 Å². The van der Waals surface area contributed by atoms with Gasteiger partial charge in [-0.3, -0.25) is 4.90 Å². The molecule has 0 amide bonds. The predicted molar refractivity (Wildman–Crippen MR) is 61.8 cm³/mol. The van der Waals surface area contributed by atoms with Gasteiger partial charge in [0.2, 0.25) is 0 Å². The summed E-state index contributed by atoms with van der Waals surface area (Å²) in [7, 11) is 0. The first-order valence-corrected chi connectivity index (χ1v) is 6.27. The van der Waals surface area contributed by atoms with Crippen LogP contribution >= 0.6 is 0 Å². The van der Waals surface area contributed by atoms with E-state index in [4.69, 9.17) is 10.5 Å². The average molecular weight is 212 g/mol. The highest BCUT2D eigenvalue weighted by Gasteiger charge is 2.27. The summed E-state index contributed by atoms with van der Waals surface area (Å²) in [6.07, 6.45) is 4.55. The van der Waals surface area contributed by atoms with Crippen molar-refractivity contribution in [1.29, 1.82) is 0 Å². The molecule has 2 aliphatic rings. The van der Waals surface area contributed by atoms with Crippen molar-refractivity contribution in [1.82, 2.24) is 4.90 Å². The summed E-state index contributed by atoms with van der Waals surface area (Å²) in [6, 6.07) is 0.464. The number of hydrogen-bond acceptors (Lipinski definition) is 3. The fourth-order valence-corrected chi connectivity index (χ4v) is 3.08. The van der Waals surface area contributed by atoms with Crippen LogP contribution in [0.15, 0.2) is 0 Å². The molecule has 0 aromatic rings. The second-order valence-corrected chi connectivity index (χ2v) is 5.42. The number of nitrogens with two attached hydrogens (primary N) is 1. The van der Waals surface area contributed by atoms with Crippen molar-refractivity contribution in [3.8, 4) is 0 Å². The molecule has 4 atom stereocenters. The van der Waals surface area contributed by atoms with Crippen LogP contribution in [-0.4, -0.2) is 42.8 Å². The molecule has 2 N–H and O–H groups in total. The summed E-state index contributed by atoms with van der Waals surface area (Å²) >= 11 is 0. The fraction of sp³-hybridized carbons (Fsp3) is 1.00. The van der Waals surface area contributed by atoms with Gasteiger partial charge in [-0.1, -0.05) is 0 Å². The van der Waals surface area contributed by atoms with Crippen molar-refractivity contribution in [2.24, 2.45) is 11.7 Å². The molecule has 1 aliphatic carbocycles. The van der Waals surface area contributed by atoms with Crippen molar-refractivity contribution in [2.45, 2.75) is 51.4 Å². The lowest BCUT2D eigenvalue weighted by Gasteiger charge is -2.36. The summed E-state index contributed by atoms with van der Waals surface area (Å²) in [4.78, 5) is 2.56. The van der Waals surface area contributed by atoms with Crippen LogP contribution in [0.2, 0.25) is 0 Å². The van der Waals surface area contributed by atoms with E-state index in [-0.39, 0.29) is 0 Å². The molecule has 0 bridgehead atoms. The van der Waals surface area contributed by atoms with Crippen LogP contribution in [-0.2, 0) is 4.74 Å². The lowest BCUT2D eigenvalue weighted by Crippen LogP contribution is -2.46. The highest BCUT2D eigenvalue weighted by molar-refractivity contribution is 4.82. The first-order chi connectivity index (χ1) is 7.13. The van der Waals surface area contributed by atoms with Gasteiger partial charge in [0.05, 0.1) is 12.2 Å². The lowest BCUT2D eigenvalue weighted by molar-refractivity contribution is -0.0712. The largest absolute Gasteiger partial charge is 0.373 e. The van der Waals surface area contributed by atoms with E-state index in [9.17, 15) is 0 Å². The van der Waals surface area contributed by atoms with E-state index in [0.29, 0.717) is 18.2 Å². The van der Waals surface area contributed by atoms with Crippen LogP contribution < -0.4 is 5.73 Å². The van der Waals surface area contributed by atoms with E-state index in [1.165, 1.54) is 25.8 Å². The molecule has 0 spiro atoms. The zero-order chi connectivity index (χ0) is 10.8. The van der Waals surface area contributed by atoms with E-state index in [2.05, 4.69) is 18.7 Å². The van der Waals surface area contributed by atoms with Crippen molar-refractivity contribution in [2.75, 3.05) is 19.6 Å². The second kappa shape index (κ2) is 4.81. The molecular weight excluding hydrogens is 188 g/mol. The van der Waals surface area contributed by atoms with Gasteiger partial charge in [0.1, 0.15) is 0 Å². The number of nitrogens with zero attached hydrogens (tertiary/aromatic N) is 1. The van der Waals surface area contributed by atoms with Crippen molar-refractivity contribution >= 4 is 0 Å². The third-order valence-corrected chi connectivity index (χ3v) is 3.59. The van der Waals surface area contributed by atoms with Crippen molar-refractivity contribution in [3.05, 3.63) is 0 Å². The minimum Gasteiger partial charge on any atom is -0.373 e. The maximum atomic E-state index is 5.94. The molecule has 3 nitrogen and oxygen atoms in total. The standard InChI is InChI=1S/C12H24N2O/c1-9-6-14(7-10(2)15-9)8-11-3-4-12(13)5-11/h9-12H,3-8,13H2,1-2H3/t9-,10+,11?,12?. The van der Waals surface area contributed by atoms with Gasteiger partial charge in [-0.25, -0.2) is 0 Å². The van der Waals surface area contributed by atoms with Crippen LogP contribution in [0, 0.1) is 5.92 Å². The third-order valence-electron chi connectivity index (χ3n) is 3.59. The highest BCUT2D eigenvalue weighted by atomic mass is 16.5. The molecule has 3 heteroatoms. The summed E-state index contributed by atoms with van der Waals surface area (Å²) in [5, 5.41) is 0. The highest BCUT2D eigenvalue weighted by Crippen LogP contribution is 2.26. The maximum absolute atomic E-state index is 5.94. The van der Waals surface area contributed by atoms with Gasteiger partial charge >= 0.3 is 0 Å². The first kappa shape index (κ1) is 11.4. The minimum atomic E-state index is 0.392. The normalized spacial score (nSPS) is 43.4. The number of ether oxygens (including phenoxy) is 1. The Kier molecular flexibility index (Phi) is 3.65. The van der Waals surface area contributed by atoms with Crippen molar-refractivity contribution < 1.29 is 4.74 Å². The molecule has 1 saturated carbocycles. The smallest absolute Gasteiger partial charge is 0.0678 e. The average Bonchev–Trinajstić information content (AvgIpc) is 2.49. The summed E-state index contributed by atoms with van der Waals surface area (Å²) in [6.45, 7) is 7.75. The third kappa shape index (κ3) is 3.16. The predicted octanol–water partition coefficient (Wildman–Crippen LogP) is 1.22. The quantitative estimate of drug-likeness (QED) is 0.748. The molecule has 15 heavy (non-hydrogen) atoms. The Balaban J connectivity index is 1.78. The first-order valence-electron chi connectivity index (χ1n) is 6.27.